The number of carbonyl (C=O) groups excluding carboxylic acids is 5. The molecule has 9 rings (SSSR count). The lowest BCUT2D eigenvalue weighted by Crippen LogP contribution is -2.54. The van der Waals surface area contributed by atoms with Crippen molar-refractivity contribution in [3.63, 3.8) is 0 Å². The third-order valence-electron chi connectivity index (χ3n) is 14.7. The zero-order valence-corrected chi connectivity index (χ0v) is 58.0. The molecule has 11 N–H and O–H groups in total. The maximum atomic E-state index is 13.4. The van der Waals surface area contributed by atoms with Crippen molar-refractivity contribution >= 4 is 139 Å². The largest absolute Gasteiger partial charge is 0.444 e. The van der Waals surface area contributed by atoms with E-state index < -0.39 is 62.7 Å². The van der Waals surface area contributed by atoms with Crippen LogP contribution in [0.15, 0.2) is 74.2 Å². The van der Waals surface area contributed by atoms with Crippen molar-refractivity contribution in [2.24, 2.45) is 16.2 Å². The van der Waals surface area contributed by atoms with Gasteiger partial charge in [0.05, 0.1) is 19.5 Å². The molecule has 6 aromatic heterocycles. The van der Waals surface area contributed by atoms with Crippen LogP contribution in [0.5, 0.6) is 0 Å². The number of nitrogens with one attached hydrogen (secondary N) is 7. The first-order valence-electron chi connectivity index (χ1n) is 27.7. The van der Waals surface area contributed by atoms with Crippen LogP contribution < -0.4 is 65.4 Å². The normalized spacial score (nSPS) is 18.0. The molecular formula is C58H75BrCl4N18O10. The van der Waals surface area contributed by atoms with Gasteiger partial charge < -0.3 is 47.5 Å². The number of aromatic nitrogens is 9. The number of fused-ring (bicyclic) bond motifs is 3. The molecule has 0 aliphatic carbocycles. The van der Waals surface area contributed by atoms with Gasteiger partial charge in [0.2, 0.25) is 0 Å². The number of nitrogen functional groups attached to an aromatic ring is 2. The first-order chi connectivity index (χ1) is 41.1. The van der Waals surface area contributed by atoms with Gasteiger partial charge in [-0.05, 0) is 96.4 Å². The van der Waals surface area contributed by atoms with Crippen LogP contribution in [0, 0.1) is 16.2 Å². The van der Waals surface area contributed by atoms with Crippen LogP contribution in [0.25, 0.3) is 0 Å². The molecule has 0 saturated carbocycles. The molecule has 3 aliphatic heterocycles. The molecule has 91 heavy (non-hydrogen) atoms. The van der Waals surface area contributed by atoms with Gasteiger partial charge in [-0.25, -0.2) is 39.5 Å². The van der Waals surface area contributed by atoms with Crippen LogP contribution in [0.1, 0.15) is 156 Å². The van der Waals surface area contributed by atoms with E-state index in [9.17, 15) is 38.4 Å². The topological polar surface area (TPSA) is 383 Å². The summed E-state index contributed by atoms with van der Waals surface area (Å²) in [5.74, 6) is 0.543. The van der Waals surface area contributed by atoms with Gasteiger partial charge in [-0.15, -0.1) is 12.4 Å². The lowest BCUT2D eigenvalue weighted by molar-refractivity contribution is 0.0624. The van der Waals surface area contributed by atoms with E-state index in [1.54, 1.807) is 55.4 Å². The standard InChI is InChI=1S/C21H27ClN6O4.C16H19ClN6O2.C12H14BrClN2O2.C9H14N4O2.ClH/c1-19(2,3)21(7)27-16(29)15-11(22)8-12(17(30)28(15)21)25-13-9-14(24-10-23-13)26-18(31)32-20(4,5)6;1-15(2,3)16(4)22-13(24)12-8(17)5-9(14(25)23(12)16)21-11-6-10(18)19-7-20-11;1-11(2,3)12(4)15-9(17)8-7(14)5-6(13)10(18)16(8)12;1-9(2,3)15-8(14)13-7-4-6(10)11-5-12-7;/h8-10H,1-7H3,(H,27,29)(H2,23,24,25,26,31);5-7H,1-4H3,(H,22,24)(H3,18,19,20,21);5H,1-4H3,(H,15,17);4-5H,1-3H3,(H3,10,11,12,13,14);1H. The van der Waals surface area contributed by atoms with Crippen molar-refractivity contribution in [1.29, 1.82) is 0 Å². The molecule has 492 valence electrons. The summed E-state index contributed by atoms with van der Waals surface area (Å²) in [5, 5.41) is 20.0. The average Bonchev–Trinajstić information content (AvgIpc) is 1.62. The van der Waals surface area contributed by atoms with Crippen molar-refractivity contribution in [3.05, 3.63) is 123 Å². The number of anilines is 8. The summed E-state index contributed by atoms with van der Waals surface area (Å²) in [6, 6.07) is 8.65. The molecular weight excluding hydrogens is 1330 g/mol. The number of ether oxygens (including phenoxy) is 2. The zero-order valence-electron chi connectivity index (χ0n) is 53.4. The zero-order chi connectivity index (χ0) is 68.0. The third-order valence-corrected chi connectivity index (χ3v) is 16.1. The molecule has 0 fully saturated rings. The predicted molar refractivity (Wildman–Crippen MR) is 355 cm³/mol. The first kappa shape index (κ1) is 73.6. The molecule has 0 bridgehead atoms. The Labute approximate surface area is 554 Å². The molecule has 5 amide bonds. The molecule has 0 spiro atoms. The Balaban J connectivity index is 0.000000228. The minimum absolute atomic E-state index is 0. The summed E-state index contributed by atoms with van der Waals surface area (Å²) in [5.41, 5.74) is 5.58. The molecule has 0 saturated heterocycles. The second-order valence-corrected chi connectivity index (χ2v) is 28.5. The summed E-state index contributed by atoms with van der Waals surface area (Å²) in [7, 11) is 0. The number of nitrogens with two attached hydrogens (primary N) is 2. The van der Waals surface area contributed by atoms with Crippen molar-refractivity contribution < 1.29 is 33.4 Å². The summed E-state index contributed by atoms with van der Waals surface area (Å²) in [4.78, 5) is 122. The average molecular weight is 1410 g/mol. The summed E-state index contributed by atoms with van der Waals surface area (Å²) in [6.45, 7) is 33.4. The van der Waals surface area contributed by atoms with E-state index in [0.29, 0.717) is 16.1 Å². The van der Waals surface area contributed by atoms with Crippen molar-refractivity contribution in [2.75, 3.05) is 32.7 Å². The SMILES string of the molecule is CC(C)(C)C1(C)NC(=O)c2c(Cl)cc(Br)c(=O)n21.CC(C)(C)C1(C)NC(=O)c2c(Cl)cc(Nc3cc(N)ncn3)c(=O)n21.CC(C)(C)OC(=O)Nc1cc(N)ncn1.CC(C)(C)OC(=O)Nc1cc(Nc2cc(Cl)c3n(c2=O)C(C)(C(C)(C)C)NC3=O)ncn1.Cl. The number of nitrogens with zero attached hydrogens (tertiary/aromatic N) is 9. The third kappa shape index (κ3) is 16.1. The monoisotopic (exact) mass is 1400 g/mol. The van der Waals surface area contributed by atoms with E-state index in [0.717, 1.165) is 0 Å². The van der Waals surface area contributed by atoms with E-state index in [4.69, 9.17) is 55.7 Å². The second kappa shape index (κ2) is 26.6. The lowest BCUT2D eigenvalue weighted by atomic mass is 9.81. The number of amides is 5. The molecule has 3 aliphatic rings. The first-order valence-corrected chi connectivity index (χ1v) is 29.6. The number of hydrogen-bond acceptors (Lipinski definition) is 20. The van der Waals surface area contributed by atoms with Gasteiger partial charge in [0.1, 0.15) is 111 Å². The fourth-order valence-electron chi connectivity index (χ4n) is 8.86. The van der Waals surface area contributed by atoms with Crippen LogP contribution in [0.2, 0.25) is 15.1 Å². The van der Waals surface area contributed by atoms with E-state index in [1.165, 1.54) is 69.1 Å². The molecule has 0 radical (unpaired) electrons. The van der Waals surface area contributed by atoms with Crippen LogP contribution in [-0.2, 0) is 26.5 Å². The Morgan fingerprint density at radius 2 is 0.758 bits per heavy atom. The minimum atomic E-state index is -0.993. The summed E-state index contributed by atoms with van der Waals surface area (Å²) < 4.78 is 14.8. The van der Waals surface area contributed by atoms with Crippen LogP contribution in [0.3, 0.4) is 0 Å². The second-order valence-electron chi connectivity index (χ2n) is 26.4. The summed E-state index contributed by atoms with van der Waals surface area (Å²) in [6.07, 6.45) is 2.54. The Kier molecular flexibility index (Phi) is 21.5. The van der Waals surface area contributed by atoms with E-state index in [1.807, 2.05) is 69.2 Å². The highest BCUT2D eigenvalue weighted by molar-refractivity contribution is 9.10. The minimum Gasteiger partial charge on any atom is -0.444 e. The van der Waals surface area contributed by atoms with Crippen molar-refractivity contribution in [1.82, 2.24) is 59.6 Å². The molecule has 3 atom stereocenters. The molecule has 3 unspecified atom stereocenters. The summed E-state index contributed by atoms with van der Waals surface area (Å²) >= 11 is 21.9. The smallest absolute Gasteiger partial charge is 0.413 e. The molecule has 6 aromatic rings. The Bertz CT molecular complexity index is 4040. The Morgan fingerprint density at radius 3 is 1.09 bits per heavy atom. The maximum Gasteiger partial charge on any atom is 0.413 e. The Morgan fingerprint density at radius 1 is 0.473 bits per heavy atom. The van der Waals surface area contributed by atoms with Gasteiger partial charge >= 0.3 is 12.2 Å². The van der Waals surface area contributed by atoms with E-state index >= 15 is 0 Å². The number of halogens is 5. The molecule has 0 aromatic carbocycles. The number of pyridine rings is 3. The van der Waals surface area contributed by atoms with Gasteiger partial charge in [0.15, 0.2) is 0 Å². The molecule has 9 heterocycles. The van der Waals surface area contributed by atoms with Gasteiger partial charge in [-0.2, -0.15) is 0 Å². The van der Waals surface area contributed by atoms with E-state index in [-0.39, 0.29) is 108 Å². The lowest BCUT2D eigenvalue weighted by Gasteiger charge is -2.40. The highest BCUT2D eigenvalue weighted by atomic mass is 79.9. The van der Waals surface area contributed by atoms with Gasteiger partial charge in [0, 0.05) is 34.4 Å². The van der Waals surface area contributed by atoms with Gasteiger partial charge in [-0.3, -0.25) is 53.1 Å². The fourth-order valence-corrected chi connectivity index (χ4v) is 10.2. The number of hydrogen-bond donors (Lipinski definition) is 9. The highest BCUT2D eigenvalue weighted by Gasteiger charge is 2.52. The quantitative estimate of drug-likeness (QED) is 0.0748. The number of carbonyl (C=O) groups is 5. The number of rotatable bonds is 6. The maximum absolute atomic E-state index is 13.4. The van der Waals surface area contributed by atoms with Gasteiger partial charge in [-0.1, -0.05) is 97.1 Å². The van der Waals surface area contributed by atoms with Crippen molar-refractivity contribution in [2.45, 2.75) is 153 Å². The predicted octanol–water partition coefficient (Wildman–Crippen LogP) is 10.5. The van der Waals surface area contributed by atoms with Crippen molar-refractivity contribution in [3.8, 4) is 0 Å². The fraction of sp³-hybridized carbons (Fsp3) is 0.448. The van der Waals surface area contributed by atoms with Gasteiger partial charge in [0.25, 0.3) is 34.4 Å². The van der Waals surface area contributed by atoms with Crippen LogP contribution >= 0.6 is 63.1 Å². The Hall–Kier alpha value is -8.12. The van der Waals surface area contributed by atoms with E-state index in [2.05, 4.69) is 83.1 Å². The van der Waals surface area contributed by atoms with Crippen LogP contribution in [-0.4, -0.2) is 84.7 Å². The molecule has 28 nitrogen and oxygen atoms in total. The van der Waals surface area contributed by atoms with Crippen LogP contribution in [0.4, 0.5) is 55.9 Å². The molecule has 33 heteroatoms. The highest BCUT2D eigenvalue weighted by Crippen LogP contribution is 2.43.